The lowest BCUT2D eigenvalue weighted by atomic mass is 10.1. The Bertz CT molecular complexity index is 713. The summed E-state index contributed by atoms with van der Waals surface area (Å²) >= 11 is 0. The Morgan fingerprint density at radius 1 is 1.30 bits per heavy atom. The molecule has 2 rings (SSSR count). The zero-order valence-corrected chi connectivity index (χ0v) is 12.3. The van der Waals surface area contributed by atoms with Gasteiger partial charge in [0, 0.05) is 26.0 Å². The molecule has 1 heterocycles. The lowest BCUT2D eigenvalue weighted by Crippen LogP contribution is -2.28. The van der Waals surface area contributed by atoms with E-state index < -0.39 is 10.0 Å². The molecular formula is C13H18N4O2S. The first kappa shape index (κ1) is 14.5. The van der Waals surface area contributed by atoms with Gasteiger partial charge in [0.15, 0.2) is 0 Å². The number of nitrogens with one attached hydrogen (secondary N) is 1. The fourth-order valence-electron chi connectivity index (χ4n) is 1.84. The molecule has 0 atom stereocenters. The molecule has 108 valence electrons. The number of sulfonamides is 1. The average molecular weight is 294 g/mol. The number of para-hydroxylation sites is 1. The van der Waals surface area contributed by atoms with Gasteiger partial charge in [-0.3, -0.25) is 4.98 Å². The van der Waals surface area contributed by atoms with Gasteiger partial charge in [-0.1, -0.05) is 18.2 Å². The van der Waals surface area contributed by atoms with Crippen LogP contribution in [0.15, 0.2) is 30.5 Å². The minimum atomic E-state index is -3.22. The summed E-state index contributed by atoms with van der Waals surface area (Å²) in [5.41, 5.74) is 7.96. The predicted octanol–water partition coefficient (Wildman–Crippen LogP) is 1.12. The standard InChI is InChI=1S/C13H18N4O2S/c1-17(2)20(18,19)8-7-15-13-10-5-3-4-6-12(10)16-9-11(13)14/h3-6,9H,7-8,14H2,1-2H3,(H,15,16). The number of anilines is 2. The van der Waals surface area contributed by atoms with E-state index in [1.807, 2.05) is 24.3 Å². The maximum Gasteiger partial charge on any atom is 0.215 e. The number of nitrogen functional groups attached to an aromatic ring is 1. The minimum absolute atomic E-state index is 0.0100. The first-order valence-corrected chi connectivity index (χ1v) is 7.80. The minimum Gasteiger partial charge on any atom is -0.396 e. The Labute approximate surface area is 118 Å². The van der Waals surface area contributed by atoms with Crippen molar-refractivity contribution < 1.29 is 8.42 Å². The molecule has 2 aromatic rings. The second kappa shape index (κ2) is 5.64. The van der Waals surface area contributed by atoms with Crippen LogP contribution in [0.1, 0.15) is 0 Å². The third-order valence-corrected chi connectivity index (χ3v) is 4.86. The number of nitrogens with two attached hydrogens (primary N) is 1. The van der Waals surface area contributed by atoms with E-state index in [0.717, 1.165) is 16.6 Å². The van der Waals surface area contributed by atoms with Crippen LogP contribution in [0.25, 0.3) is 10.9 Å². The Morgan fingerprint density at radius 3 is 2.70 bits per heavy atom. The van der Waals surface area contributed by atoms with Crippen molar-refractivity contribution in [2.24, 2.45) is 0 Å². The summed E-state index contributed by atoms with van der Waals surface area (Å²) in [5, 5.41) is 3.98. The normalized spacial score (nSPS) is 11.9. The van der Waals surface area contributed by atoms with Crippen molar-refractivity contribution in [3.63, 3.8) is 0 Å². The molecule has 0 spiro atoms. The SMILES string of the molecule is CN(C)S(=O)(=O)CCNc1c(N)cnc2ccccc12. The number of pyridine rings is 1. The molecule has 0 unspecified atom stereocenters. The first-order chi connectivity index (χ1) is 9.42. The van der Waals surface area contributed by atoms with Crippen LogP contribution in [-0.4, -0.2) is 44.1 Å². The largest absolute Gasteiger partial charge is 0.396 e. The number of hydrogen-bond donors (Lipinski definition) is 2. The highest BCUT2D eigenvalue weighted by molar-refractivity contribution is 7.89. The highest BCUT2D eigenvalue weighted by Crippen LogP contribution is 2.27. The second-order valence-corrected chi connectivity index (χ2v) is 6.93. The Morgan fingerprint density at radius 2 is 2.00 bits per heavy atom. The second-order valence-electron chi connectivity index (χ2n) is 4.63. The summed E-state index contributed by atoms with van der Waals surface area (Å²) in [5.74, 6) is 0.0100. The number of benzene rings is 1. The van der Waals surface area contributed by atoms with Gasteiger partial charge in [-0.25, -0.2) is 12.7 Å². The van der Waals surface area contributed by atoms with E-state index in [1.54, 1.807) is 6.20 Å². The number of nitrogens with zero attached hydrogens (tertiary/aromatic N) is 2. The fourth-order valence-corrected chi connectivity index (χ4v) is 2.57. The van der Waals surface area contributed by atoms with Crippen LogP contribution in [0.3, 0.4) is 0 Å². The van der Waals surface area contributed by atoms with Crippen LogP contribution >= 0.6 is 0 Å². The predicted molar refractivity (Wildman–Crippen MR) is 82.1 cm³/mol. The van der Waals surface area contributed by atoms with Crippen molar-refractivity contribution in [1.82, 2.24) is 9.29 Å². The number of hydrogen-bond acceptors (Lipinski definition) is 5. The molecule has 0 fully saturated rings. The summed E-state index contributed by atoms with van der Waals surface area (Å²) < 4.78 is 24.6. The van der Waals surface area contributed by atoms with Crippen molar-refractivity contribution >= 4 is 32.3 Å². The molecule has 0 saturated heterocycles. The van der Waals surface area contributed by atoms with Crippen molar-refractivity contribution in [3.8, 4) is 0 Å². The van der Waals surface area contributed by atoms with E-state index >= 15 is 0 Å². The lowest BCUT2D eigenvalue weighted by molar-refractivity contribution is 0.521. The maximum absolute atomic E-state index is 11.7. The Kier molecular flexibility index (Phi) is 4.10. The maximum atomic E-state index is 11.7. The Balaban J connectivity index is 2.20. The summed E-state index contributed by atoms with van der Waals surface area (Å²) in [6.07, 6.45) is 1.57. The van der Waals surface area contributed by atoms with Gasteiger partial charge >= 0.3 is 0 Å². The van der Waals surface area contributed by atoms with Crippen molar-refractivity contribution in [3.05, 3.63) is 30.5 Å². The van der Waals surface area contributed by atoms with Gasteiger partial charge in [-0.15, -0.1) is 0 Å². The third-order valence-electron chi connectivity index (χ3n) is 3.02. The molecule has 20 heavy (non-hydrogen) atoms. The summed E-state index contributed by atoms with van der Waals surface area (Å²) in [6.45, 7) is 0.290. The monoisotopic (exact) mass is 294 g/mol. The lowest BCUT2D eigenvalue weighted by Gasteiger charge is -2.14. The highest BCUT2D eigenvalue weighted by atomic mass is 32.2. The zero-order chi connectivity index (χ0) is 14.8. The highest BCUT2D eigenvalue weighted by Gasteiger charge is 2.13. The van der Waals surface area contributed by atoms with Crippen molar-refractivity contribution in [2.75, 3.05) is 37.4 Å². The van der Waals surface area contributed by atoms with Crippen LogP contribution in [0, 0.1) is 0 Å². The molecule has 1 aromatic heterocycles. The molecule has 0 aliphatic carbocycles. The smallest absolute Gasteiger partial charge is 0.215 e. The van der Waals surface area contributed by atoms with E-state index in [1.165, 1.54) is 18.4 Å². The molecule has 6 nitrogen and oxygen atoms in total. The molecule has 0 bridgehead atoms. The zero-order valence-electron chi connectivity index (χ0n) is 11.5. The fraction of sp³-hybridized carbons (Fsp3) is 0.308. The van der Waals surface area contributed by atoms with E-state index in [-0.39, 0.29) is 5.75 Å². The van der Waals surface area contributed by atoms with Gasteiger partial charge in [0.1, 0.15) is 0 Å². The van der Waals surface area contributed by atoms with E-state index in [0.29, 0.717) is 12.2 Å². The van der Waals surface area contributed by atoms with Crippen LogP contribution in [0.2, 0.25) is 0 Å². The molecule has 7 heteroatoms. The van der Waals surface area contributed by atoms with Gasteiger partial charge in [-0.05, 0) is 6.07 Å². The number of aromatic nitrogens is 1. The Hall–Kier alpha value is -1.86. The summed E-state index contributed by atoms with van der Waals surface area (Å²) in [7, 11) is -0.181. The van der Waals surface area contributed by atoms with Crippen molar-refractivity contribution in [2.45, 2.75) is 0 Å². The molecular weight excluding hydrogens is 276 g/mol. The molecule has 0 radical (unpaired) electrons. The first-order valence-electron chi connectivity index (χ1n) is 6.19. The molecule has 0 amide bonds. The number of fused-ring (bicyclic) bond motifs is 1. The van der Waals surface area contributed by atoms with Crippen LogP contribution in [0.4, 0.5) is 11.4 Å². The average Bonchev–Trinajstić information content (AvgIpc) is 2.41. The quantitative estimate of drug-likeness (QED) is 0.862. The number of rotatable bonds is 5. The van der Waals surface area contributed by atoms with Crippen LogP contribution in [-0.2, 0) is 10.0 Å². The van der Waals surface area contributed by atoms with Gasteiger partial charge in [0.25, 0.3) is 0 Å². The van der Waals surface area contributed by atoms with E-state index in [9.17, 15) is 8.42 Å². The van der Waals surface area contributed by atoms with E-state index in [4.69, 9.17) is 5.73 Å². The molecule has 3 N–H and O–H groups in total. The third kappa shape index (κ3) is 3.00. The van der Waals surface area contributed by atoms with Crippen LogP contribution < -0.4 is 11.1 Å². The van der Waals surface area contributed by atoms with Crippen molar-refractivity contribution in [1.29, 1.82) is 0 Å². The van der Waals surface area contributed by atoms with Gasteiger partial charge < -0.3 is 11.1 Å². The molecule has 0 aliphatic heterocycles. The summed E-state index contributed by atoms with van der Waals surface area (Å²) in [4.78, 5) is 4.23. The molecule has 1 aromatic carbocycles. The van der Waals surface area contributed by atoms with Gasteiger partial charge in [0.2, 0.25) is 10.0 Å². The van der Waals surface area contributed by atoms with E-state index in [2.05, 4.69) is 10.3 Å². The van der Waals surface area contributed by atoms with Gasteiger partial charge in [0.05, 0.1) is 28.8 Å². The topological polar surface area (TPSA) is 88.3 Å². The molecule has 0 saturated carbocycles. The summed E-state index contributed by atoms with van der Waals surface area (Å²) in [6, 6.07) is 7.58. The molecule has 0 aliphatic rings. The van der Waals surface area contributed by atoms with Gasteiger partial charge in [-0.2, -0.15) is 0 Å². The van der Waals surface area contributed by atoms with Crippen LogP contribution in [0.5, 0.6) is 0 Å².